The molecule has 3 N–H and O–H groups in total. The summed E-state index contributed by atoms with van der Waals surface area (Å²) >= 11 is 0. The minimum absolute atomic E-state index is 0.0349. The molecule has 11 heteroatoms. The summed E-state index contributed by atoms with van der Waals surface area (Å²) in [5.41, 5.74) is 0.877. The van der Waals surface area contributed by atoms with Gasteiger partial charge in [-0.3, -0.25) is 4.79 Å². The van der Waals surface area contributed by atoms with Crippen molar-refractivity contribution in [3.05, 3.63) is 59.8 Å². The Labute approximate surface area is 209 Å². The molecule has 10 nitrogen and oxygen atoms in total. The number of aromatic nitrogens is 2. The molecule has 0 spiro atoms. The number of carbonyl (C=O) groups is 2. The molecule has 4 rings (SSSR count). The Bertz CT molecular complexity index is 1400. The predicted octanol–water partition coefficient (Wildman–Crippen LogP) is 4.10. The Balaban J connectivity index is 1.81. The number of carboxylic acids is 1. The lowest BCUT2D eigenvalue weighted by atomic mass is 10.2. The zero-order chi connectivity index (χ0) is 26.0. The van der Waals surface area contributed by atoms with Crippen LogP contribution in [0, 0.1) is 12.8 Å². The molecule has 1 atom stereocenters. The van der Waals surface area contributed by atoms with Gasteiger partial charge < -0.3 is 15.2 Å². The number of hydrogen-bond donors (Lipinski definition) is 3. The maximum Gasteiger partial charge on any atom is 0.356 e. The lowest BCUT2D eigenvalue weighted by molar-refractivity contribution is -0.117. The van der Waals surface area contributed by atoms with E-state index in [1.54, 1.807) is 50.2 Å². The fourth-order valence-corrected chi connectivity index (χ4v) is 5.01. The van der Waals surface area contributed by atoms with Gasteiger partial charge in [0, 0.05) is 23.2 Å². The SMILES string of the molecule is CCC(C)NS(=O)(=O)c1cc(NC(=O)C2CC2)ccc1Oc1c(C)c(C(=O)O)nn1-c1ccccc1. The Kier molecular flexibility index (Phi) is 7.14. The van der Waals surface area contributed by atoms with Gasteiger partial charge in [0.1, 0.15) is 10.6 Å². The lowest BCUT2D eigenvalue weighted by Crippen LogP contribution is -2.32. The van der Waals surface area contributed by atoms with E-state index >= 15 is 0 Å². The Morgan fingerprint density at radius 1 is 1.19 bits per heavy atom. The Morgan fingerprint density at radius 3 is 2.50 bits per heavy atom. The molecule has 1 unspecified atom stereocenters. The van der Waals surface area contributed by atoms with Gasteiger partial charge in [-0.2, -0.15) is 9.78 Å². The highest BCUT2D eigenvalue weighted by Gasteiger charge is 2.31. The van der Waals surface area contributed by atoms with E-state index in [1.807, 2.05) is 6.92 Å². The molecule has 36 heavy (non-hydrogen) atoms. The van der Waals surface area contributed by atoms with Gasteiger partial charge in [0.2, 0.25) is 21.8 Å². The van der Waals surface area contributed by atoms with Crippen LogP contribution in [-0.4, -0.2) is 41.2 Å². The highest BCUT2D eigenvalue weighted by Crippen LogP contribution is 2.36. The summed E-state index contributed by atoms with van der Waals surface area (Å²) in [7, 11) is -4.06. The molecule has 0 radical (unpaired) electrons. The fraction of sp³-hybridized carbons (Fsp3) is 0.320. The van der Waals surface area contributed by atoms with Gasteiger partial charge in [-0.05, 0) is 63.4 Å². The van der Waals surface area contributed by atoms with Crippen molar-refractivity contribution in [3.63, 3.8) is 0 Å². The van der Waals surface area contributed by atoms with Crippen molar-refractivity contribution in [3.8, 4) is 17.3 Å². The molecular formula is C25H28N4O6S. The normalized spacial score (nSPS) is 14.3. The van der Waals surface area contributed by atoms with Gasteiger partial charge in [-0.25, -0.2) is 17.9 Å². The van der Waals surface area contributed by atoms with Crippen molar-refractivity contribution in [2.75, 3.05) is 5.32 Å². The van der Waals surface area contributed by atoms with Gasteiger partial charge >= 0.3 is 5.97 Å². The van der Waals surface area contributed by atoms with Crippen LogP contribution in [0.25, 0.3) is 5.69 Å². The molecule has 190 valence electrons. The number of sulfonamides is 1. The van der Waals surface area contributed by atoms with E-state index < -0.39 is 16.0 Å². The molecule has 3 aromatic rings. The third-order valence-corrected chi connectivity index (χ3v) is 7.51. The monoisotopic (exact) mass is 512 g/mol. The second-order valence-electron chi connectivity index (χ2n) is 8.79. The largest absolute Gasteiger partial charge is 0.476 e. The number of benzene rings is 2. The van der Waals surface area contributed by atoms with Crippen LogP contribution < -0.4 is 14.8 Å². The topological polar surface area (TPSA) is 140 Å². The highest BCUT2D eigenvalue weighted by molar-refractivity contribution is 7.89. The van der Waals surface area contributed by atoms with Crippen LogP contribution in [0.4, 0.5) is 5.69 Å². The standard InChI is InChI=1S/C25H28N4O6S/c1-4-15(2)28-36(33,34)21-14-18(26-23(30)17-10-11-17)12-13-20(21)35-24-16(3)22(25(31)32)27-29(24)19-8-6-5-7-9-19/h5-9,12-15,17,28H,4,10-11H2,1-3H3,(H,26,30)(H,31,32). The van der Waals surface area contributed by atoms with Crippen LogP contribution in [-0.2, 0) is 14.8 Å². The van der Waals surface area contributed by atoms with Gasteiger partial charge in [0.05, 0.1) is 5.69 Å². The van der Waals surface area contributed by atoms with E-state index in [0.29, 0.717) is 17.8 Å². The van der Waals surface area contributed by atoms with Gasteiger partial charge in [-0.15, -0.1) is 0 Å². The summed E-state index contributed by atoms with van der Waals surface area (Å²) in [5.74, 6) is -1.43. The van der Waals surface area contributed by atoms with Gasteiger partial charge in [0.15, 0.2) is 5.69 Å². The maximum atomic E-state index is 13.3. The van der Waals surface area contributed by atoms with E-state index in [-0.39, 0.29) is 45.6 Å². The molecule has 1 aromatic heterocycles. The molecule has 0 saturated heterocycles. The first-order valence-electron chi connectivity index (χ1n) is 11.6. The average molecular weight is 513 g/mol. The van der Waals surface area contributed by atoms with E-state index in [4.69, 9.17) is 4.74 Å². The summed E-state index contributed by atoms with van der Waals surface area (Å²) in [6.07, 6.45) is 2.18. The predicted molar refractivity (Wildman–Crippen MR) is 133 cm³/mol. The number of anilines is 1. The summed E-state index contributed by atoms with van der Waals surface area (Å²) in [4.78, 5) is 23.9. The third-order valence-electron chi connectivity index (χ3n) is 5.90. The molecule has 1 amide bonds. The quantitative estimate of drug-likeness (QED) is 0.372. The molecule has 1 fully saturated rings. The second kappa shape index (κ2) is 10.1. The van der Waals surface area contributed by atoms with Gasteiger partial charge in [0.25, 0.3) is 0 Å². The molecule has 1 heterocycles. The summed E-state index contributed by atoms with van der Waals surface area (Å²) in [6, 6.07) is 12.8. The number of nitrogens with one attached hydrogen (secondary N) is 2. The van der Waals surface area contributed by atoms with Crippen LogP contribution >= 0.6 is 0 Å². The summed E-state index contributed by atoms with van der Waals surface area (Å²) < 4.78 is 36.7. The van der Waals surface area contributed by atoms with Crippen LogP contribution in [0.5, 0.6) is 11.6 Å². The number of hydrogen-bond acceptors (Lipinski definition) is 6. The summed E-state index contributed by atoms with van der Waals surface area (Å²) in [6.45, 7) is 5.14. The highest BCUT2D eigenvalue weighted by atomic mass is 32.2. The average Bonchev–Trinajstić information content (AvgIpc) is 3.65. The molecule has 0 bridgehead atoms. The van der Waals surface area contributed by atoms with Crippen molar-refractivity contribution >= 4 is 27.6 Å². The van der Waals surface area contributed by atoms with Gasteiger partial charge in [-0.1, -0.05) is 25.1 Å². The maximum absolute atomic E-state index is 13.3. The lowest BCUT2D eigenvalue weighted by Gasteiger charge is -2.17. The minimum Gasteiger partial charge on any atom is -0.476 e. The molecular weight excluding hydrogens is 484 g/mol. The molecule has 1 saturated carbocycles. The number of nitrogens with zero attached hydrogens (tertiary/aromatic N) is 2. The van der Waals surface area contributed by atoms with E-state index in [9.17, 15) is 23.1 Å². The molecule has 1 aliphatic rings. The number of amides is 1. The second-order valence-corrected chi connectivity index (χ2v) is 10.5. The first-order valence-corrected chi connectivity index (χ1v) is 13.1. The van der Waals surface area contributed by atoms with Crippen LogP contribution in [0.15, 0.2) is 53.4 Å². The molecule has 0 aliphatic heterocycles. The number of para-hydroxylation sites is 1. The third kappa shape index (κ3) is 5.42. The van der Waals surface area contributed by atoms with Crippen molar-refractivity contribution in [1.29, 1.82) is 0 Å². The molecule has 2 aromatic carbocycles. The van der Waals surface area contributed by atoms with Crippen molar-refractivity contribution in [2.45, 2.75) is 51.0 Å². The van der Waals surface area contributed by atoms with Crippen LogP contribution in [0.2, 0.25) is 0 Å². The Hall–Kier alpha value is -3.70. The number of carboxylic acid groups (broad SMARTS) is 1. The first kappa shape index (κ1) is 25.4. The number of ether oxygens (including phenoxy) is 1. The van der Waals surface area contributed by atoms with Crippen LogP contribution in [0.1, 0.15) is 49.2 Å². The van der Waals surface area contributed by atoms with Crippen molar-refractivity contribution in [1.82, 2.24) is 14.5 Å². The number of aromatic carboxylic acids is 1. The zero-order valence-corrected chi connectivity index (χ0v) is 21.0. The molecule has 1 aliphatic carbocycles. The van der Waals surface area contributed by atoms with Crippen molar-refractivity contribution in [2.24, 2.45) is 5.92 Å². The van der Waals surface area contributed by atoms with E-state index in [2.05, 4.69) is 15.1 Å². The van der Waals surface area contributed by atoms with Crippen molar-refractivity contribution < 1.29 is 27.9 Å². The zero-order valence-electron chi connectivity index (χ0n) is 20.2. The number of carbonyl (C=O) groups excluding carboxylic acids is 1. The minimum atomic E-state index is -4.06. The Morgan fingerprint density at radius 2 is 1.89 bits per heavy atom. The smallest absolute Gasteiger partial charge is 0.356 e. The summed E-state index contributed by atoms with van der Waals surface area (Å²) in [5, 5.41) is 16.6. The number of rotatable bonds is 10. The van der Waals surface area contributed by atoms with E-state index in [0.717, 1.165) is 12.8 Å². The fourth-order valence-electron chi connectivity index (χ4n) is 3.53. The first-order chi connectivity index (χ1) is 17.1. The van der Waals surface area contributed by atoms with Crippen LogP contribution in [0.3, 0.4) is 0 Å². The van der Waals surface area contributed by atoms with E-state index in [1.165, 1.54) is 16.8 Å².